The summed E-state index contributed by atoms with van der Waals surface area (Å²) in [6.45, 7) is 2.57. The van der Waals surface area contributed by atoms with E-state index >= 15 is 0 Å². The Morgan fingerprint density at radius 2 is 1.83 bits per heavy atom. The van der Waals surface area contributed by atoms with Crippen LogP contribution in [0.5, 0.6) is 5.75 Å². The fraction of sp³-hybridized carbons (Fsp3) is 0.111. The predicted molar refractivity (Wildman–Crippen MR) is 91.1 cm³/mol. The Morgan fingerprint density at radius 1 is 1.09 bits per heavy atom. The van der Waals surface area contributed by atoms with Crippen LogP contribution in [0.15, 0.2) is 53.4 Å². The van der Waals surface area contributed by atoms with Gasteiger partial charge in [-0.3, -0.25) is 14.9 Å². The van der Waals surface area contributed by atoms with Gasteiger partial charge >= 0.3 is 0 Å². The first-order chi connectivity index (χ1) is 11.1. The van der Waals surface area contributed by atoms with E-state index in [9.17, 15) is 9.59 Å². The molecule has 1 heterocycles. The van der Waals surface area contributed by atoms with Gasteiger partial charge in [0.05, 0.1) is 4.91 Å². The van der Waals surface area contributed by atoms with Crippen molar-refractivity contribution in [1.82, 2.24) is 5.32 Å². The quantitative estimate of drug-likeness (QED) is 0.866. The lowest BCUT2D eigenvalue weighted by molar-refractivity contribution is -0.115. The predicted octanol–water partition coefficient (Wildman–Crippen LogP) is 3.90. The van der Waals surface area contributed by atoms with Crippen LogP contribution in [0, 0.1) is 6.92 Å². The van der Waals surface area contributed by atoms with Crippen LogP contribution >= 0.6 is 11.8 Å². The smallest absolute Gasteiger partial charge is 0.290 e. The van der Waals surface area contributed by atoms with Gasteiger partial charge in [-0.2, -0.15) is 0 Å². The summed E-state index contributed by atoms with van der Waals surface area (Å²) in [5.74, 6) is 0.412. The number of aryl methyl sites for hydroxylation is 1. The number of amides is 2. The van der Waals surface area contributed by atoms with Crippen molar-refractivity contribution in [3.63, 3.8) is 0 Å². The maximum atomic E-state index is 11.5. The van der Waals surface area contributed by atoms with Crippen molar-refractivity contribution in [1.29, 1.82) is 0 Å². The largest absolute Gasteiger partial charge is 0.489 e. The van der Waals surface area contributed by atoms with Crippen LogP contribution in [-0.2, 0) is 11.4 Å². The third-order valence-corrected chi connectivity index (χ3v) is 4.29. The van der Waals surface area contributed by atoms with Crippen molar-refractivity contribution in [2.45, 2.75) is 13.5 Å². The molecule has 116 valence electrons. The van der Waals surface area contributed by atoms with Crippen molar-refractivity contribution in [3.05, 3.63) is 70.1 Å². The lowest BCUT2D eigenvalue weighted by atomic mass is 10.1. The number of imide groups is 1. The minimum atomic E-state index is -0.347. The summed E-state index contributed by atoms with van der Waals surface area (Å²) in [7, 11) is 0. The summed E-state index contributed by atoms with van der Waals surface area (Å²) in [5, 5.41) is 1.90. The summed E-state index contributed by atoms with van der Waals surface area (Å²) in [5.41, 5.74) is 3.19. The summed E-state index contributed by atoms with van der Waals surface area (Å²) in [6, 6.07) is 15.5. The molecule has 0 radical (unpaired) electrons. The van der Waals surface area contributed by atoms with Gasteiger partial charge in [0, 0.05) is 0 Å². The molecule has 2 amide bonds. The second kappa shape index (κ2) is 6.71. The van der Waals surface area contributed by atoms with Gasteiger partial charge < -0.3 is 4.74 Å². The maximum absolute atomic E-state index is 11.5. The Kier molecular flexibility index (Phi) is 4.48. The van der Waals surface area contributed by atoms with E-state index in [0.29, 0.717) is 11.5 Å². The topological polar surface area (TPSA) is 55.4 Å². The number of carbonyl (C=O) groups is 2. The fourth-order valence-corrected chi connectivity index (χ4v) is 2.85. The lowest BCUT2D eigenvalue weighted by Crippen LogP contribution is -2.17. The van der Waals surface area contributed by atoms with E-state index in [2.05, 4.69) is 18.3 Å². The van der Waals surface area contributed by atoms with Gasteiger partial charge in [0.2, 0.25) is 0 Å². The molecule has 0 unspecified atom stereocenters. The van der Waals surface area contributed by atoms with Crippen LogP contribution in [0.1, 0.15) is 16.7 Å². The molecule has 1 aliphatic heterocycles. The molecular formula is C18H15NO3S. The Labute approximate surface area is 138 Å². The highest BCUT2D eigenvalue weighted by molar-refractivity contribution is 8.18. The normalized spacial score (nSPS) is 15.8. The molecule has 1 N–H and O–H groups in total. The number of rotatable bonds is 4. The molecular weight excluding hydrogens is 310 g/mol. The van der Waals surface area contributed by atoms with Gasteiger partial charge in [0.15, 0.2) is 0 Å². The second-order valence-electron chi connectivity index (χ2n) is 5.14. The van der Waals surface area contributed by atoms with E-state index in [0.717, 1.165) is 28.6 Å². The number of nitrogens with one attached hydrogen (secondary N) is 1. The summed E-state index contributed by atoms with van der Waals surface area (Å²) in [6.07, 6.45) is 1.69. The number of hydrogen-bond acceptors (Lipinski definition) is 4. The standard InChI is InChI=1S/C18H15NO3S/c1-12-4-2-3-5-14(12)11-22-15-8-6-13(7-9-15)10-16-17(20)19-18(21)23-16/h2-10H,11H2,1H3,(H,19,20,21). The third-order valence-electron chi connectivity index (χ3n) is 3.48. The van der Waals surface area contributed by atoms with Crippen molar-refractivity contribution >= 4 is 29.0 Å². The molecule has 0 saturated carbocycles. The van der Waals surface area contributed by atoms with Gasteiger partial charge in [-0.1, -0.05) is 36.4 Å². The molecule has 2 aromatic rings. The van der Waals surface area contributed by atoms with E-state index in [1.165, 1.54) is 5.56 Å². The average molecular weight is 325 g/mol. The Hall–Kier alpha value is -2.53. The van der Waals surface area contributed by atoms with Crippen molar-refractivity contribution in [2.75, 3.05) is 0 Å². The summed E-state index contributed by atoms with van der Waals surface area (Å²) in [4.78, 5) is 23.0. The number of ether oxygens (including phenoxy) is 1. The van der Waals surface area contributed by atoms with E-state index in [1.807, 2.05) is 42.5 Å². The fourth-order valence-electron chi connectivity index (χ4n) is 2.17. The van der Waals surface area contributed by atoms with Gasteiger partial charge in [0.1, 0.15) is 12.4 Å². The zero-order valence-corrected chi connectivity index (χ0v) is 13.4. The first-order valence-electron chi connectivity index (χ1n) is 7.14. The van der Waals surface area contributed by atoms with Gasteiger partial charge in [-0.05, 0) is 53.6 Å². The Bertz CT molecular complexity index is 781. The van der Waals surface area contributed by atoms with Crippen molar-refractivity contribution < 1.29 is 14.3 Å². The highest BCUT2D eigenvalue weighted by Gasteiger charge is 2.24. The highest BCUT2D eigenvalue weighted by Crippen LogP contribution is 2.26. The number of benzene rings is 2. The van der Waals surface area contributed by atoms with Crippen LogP contribution in [-0.4, -0.2) is 11.1 Å². The summed E-state index contributed by atoms with van der Waals surface area (Å²) >= 11 is 0.912. The van der Waals surface area contributed by atoms with Gasteiger partial charge in [-0.15, -0.1) is 0 Å². The SMILES string of the molecule is Cc1ccccc1COc1ccc(C=C2SC(=O)NC2=O)cc1. The van der Waals surface area contributed by atoms with Gasteiger partial charge in [0.25, 0.3) is 11.1 Å². The Balaban J connectivity index is 1.66. The van der Waals surface area contributed by atoms with Crippen LogP contribution in [0.3, 0.4) is 0 Å². The number of thioether (sulfide) groups is 1. The molecule has 0 atom stereocenters. The van der Waals surface area contributed by atoms with Crippen molar-refractivity contribution in [3.8, 4) is 5.75 Å². The highest BCUT2D eigenvalue weighted by atomic mass is 32.2. The molecule has 1 saturated heterocycles. The molecule has 0 aromatic heterocycles. The maximum Gasteiger partial charge on any atom is 0.290 e. The minimum Gasteiger partial charge on any atom is -0.489 e. The zero-order valence-electron chi connectivity index (χ0n) is 12.5. The molecule has 23 heavy (non-hydrogen) atoms. The van der Waals surface area contributed by atoms with Crippen LogP contribution < -0.4 is 10.1 Å². The van der Waals surface area contributed by atoms with E-state index in [1.54, 1.807) is 6.08 Å². The average Bonchev–Trinajstić information content (AvgIpc) is 2.85. The van der Waals surface area contributed by atoms with E-state index in [4.69, 9.17) is 4.74 Å². The molecule has 1 fully saturated rings. The van der Waals surface area contributed by atoms with Crippen LogP contribution in [0.25, 0.3) is 6.08 Å². The third kappa shape index (κ3) is 3.81. The number of hydrogen-bond donors (Lipinski definition) is 1. The second-order valence-corrected chi connectivity index (χ2v) is 6.15. The minimum absolute atomic E-state index is 0.334. The molecule has 1 aliphatic rings. The Morgan fingerprint density at radius 3 is 2.48 bits per heavy atom. The molecule has 5 heteroatoms. The molecule has 0 spiro atoms. The van der Waals surface area contributed by atoms with Crippen LogP contribution in [0.4, 0.5) is 4.79 Å². The van der Waals surface area contributed by atoms with Crippen LogP contribution in [0.2, 0.25) is 0 Å². The lowest BCUT2D eigenvalue weighted by Gasteiger charge is -2.08. The first-order valence-corrected chi connectivity index (χ1v) is 7.96. The molecule has 0 bridgehead atoms. The van der Waals surface area contributed by atoms with Gasteiger partial charge in [-0.25, -0.2) is 0 Å². The monoisotopic (exact) mass is 325 g/mol. The molecule has 0 aliphatic carbocycles. The zero-order chi connectivity index (χ0) is 16.2. The molecule has 2 aromatic carbocycles. The van der Waals surface area contributed by atoms with E-state index < -0.39 is 0 Å². The first kappa shape index (κ1) is 15.4. The summed E-state index contributed by atoms with van der Waals surface area (Å²) < 4.78 is 5.78. The number of carbonyl (C=O) groups excluding carboxylic acids is 2. The molecule has 3 rings (SSSR count). The van der Waals surface area contributed by atoms with Crippen molar-refractivity contribution in [2.24, 2.45) is 0 Å². The molecule has 4 nitrogen and oxygen atoms in total. The van der Waals surface area contributed by atoms with E-state index in [-0.39, 0.29) is 11.1 Å².